The molecular formula is C5H3ClN2O. The van der Waals surface area contributed by atoms with Crippen LogP contribution in [0.5, 0.6) is 0 Å². The SMILES string of the molecule is O=Cc1ccc(Cl)nn1. The molecular weight excluding hydrogens is 140 g/mol. The molecule has 0 aliphatic carbocycles. The van der Waals surface area contributed by atoms with Crippen molar-refractivity contribution in [3.8, 4) is 0 Å². The summed E-state index contributed by atoms with van der Waals surface area (Å²) in [5, 5.41) is 7.17. The van der Waals surface area contributed by atoms with Crippen LogP contribution < -0.4 is 0 Å². The van der Waals surface area contributed by atoms with Crippen LogP contribution in [0.3, 0.4) is 0 Å². The van der Waals surface area contributed by atoms with Crippen molar-refractivity contribution in [1.29, 1.82) is 0 Å². The van der Waals surface area contributed by atoms with E-state index in [1.165, 1.54) is 12.1 Å². The Bertz CT molecular complexity index is 209. The molecule has 9 heavy (non-hydrogen) atoms. The number of halogens is 1. The van der Waals surface area contributed by atoms with Crippen molar-refractivity contribution in [2.45, 2.75) is 0 Å². The molecule has 0 aliphatic heterocycles. The molecule has 1 aromatic heterocycles. The lowest BCUT2D eigenvalue weighted by molar-refractivity contribution is 0.111. The Labute approximate surface area is 56.7 Å². The number of carbonyl (C=O) groups is 1. The Balaban J connectivity index is 3.01. The topological polar surface area (TPSA) is 42.9 Å². The van der Waals surface area contributed by atoms with Gasteiger partial charge in [-0.15, -0.1) is 10.2 Å². The number of aromatic nitrogens is 2. The third-order valence-electron chi connectivity index (χ3n) is 0.773. The van der Waals surface area contributed by atoms with E-state index in [-0.39, 0.29) is 0 Å². The second-order valence-corrected chi connectivity index (χ2v) is 1.79. The van der Waals surface area contributed by atoms with Gasteiger partial charge < -0.3 is 0 Å². The van der Waals surface area contributed by atoms with Gasteiger partial charge in [0.15, 0.2) is 11.4 Å². The molecule has 46 valence electrons. The molecule has 0 N–H and O–H groups in total. The molecule has 0 radical (unpaired) electrons. The Kier molecular flexibility index (Phi) is 1.75. The van der Waals surface area contributed by atoms with E-state index in [1.54, 1.807) is 0 Å². The van der Waals surface area contributed by atoms with Crippen molar-refractivity contribution in [1.82, 2.24) is 10.2 Å². The summed E-state index contributed by atoms with van der Waals surface area (Å²) in [4.78, 5) is 9.97. The van der Waals surface area contributed by atoms with Crippen molar-refractivity contribution < 1.29 is 4.79 Å². The highest BCUT2D eigenvalue weighted by atomic mass is 35.5. The molecule has 3 nitrogen and oxygen atoms in total. The maximum absolute atomic E-state index is 9.97. The molecule has 0 fully saturated rings. The summed E-state index contributed by atoms with van der Waals surface area (Å²) in [7, 11) is 0. The average Bonchev–Trinajstić information content (AvgIpc) is 1.90. The fourth-order valence-corrected chi connectivity index (χ4v) is 0.490. The van der Waals surface area contributed by atoms with E-state index in [1.807, 2.05) is 0 Å². The summed E-state index contributed by atoms with van der Waals surface area (Å²) in [6.07, 6.45) is 0.614. The maximum atomic E-state index is 9.97. The maximum Gasteiger partial charge on any atom is 0.170 e. The van der Waals surface area contributed by atoms with E-state index in [0.717, 1.165) is 0 Å². The van der Waals surface area contributed by atoms with Gasteiger partial charge in [0.25, 0.3) is 0 Å². The largest absolute Gasteiger partial charge is 0.296 e. The van der Waals surface area contributed by atoms with Gasteiger partial charge in [0.1, 0.15) is 5.69 Å². The molecule has 4 heteroatoms. The summed E-state index contributed by atoms with van der Waals surface area (Å²) >= 11 is 5.38. The van der Waals surface area contributed by atoms with Gasteiger partial charge in [-0.3, -0.25) is 4.79 Å². The smallest absolute Gasteiger partial charge is 0.170 e. The third-order valence-corrected chi connectivity index (χ3v) is 0.975. The zero-order valence-electron chi connectivity index (χ0n) is 4.41. The number of rotatable bonds is 1. The highest BCUT2D eigenvalue weighted by Crippen LogP contribution is 1.99. The van der Waals surface area contributed by atoms with E-state index in [9.17, 15) is 4.79 Å². The van der Waals surface area contributed by atoms with Crippen molar-refractivity contribution in [3.05, 3.63) is 23.0 Å². The molecule has 0 spiro atoms. The van der Waals surface area contributed by atoms with Gasteiger partial charge in [-0.05, 0) is 12.1 Å². The number of nitrogens with zero attached hydrogens (tertiary/aromatic N) is 2. The fourth-order valence-electron chi connectivity index (χ4n) is 0.389. The van der Waals surface area contributed by atoms with Crippen LogP contribution in [-0.4, -0.2) is 16.5 Å². The standard InChI is InChI=1S/C5H3ClN2O/c6-5-2-1-4(3-9)7-8-5/h1-3H. The molecule has 0 unspecified atom stereocenters. The molecule has 0 bridgehead atoms. The number of hydrogen-bond donors (Lipinski definition) is 0. The third kappa shape index (κ3) is 1.47. The average molecular weight is 143 g/mol. The van der Waals surface area contributed by atoms with Gasteiger partial charge in [-0.25, -0.2) is 0 Å². The van der Waals surface area contributed by atoms with Gasteiger partial charge in [0.2, 0.25) is 0 Å². The second-order valence-electron chi connectivity index (χ2n) is 1.40. The van der Waals surface area contributed by atoms with E-state index in [0.29, 0.717) is 17.1 Å². The number of aldehydes is 1. The zero-order valence-corrected chi connectivity index (χ0v) is 5.17. The molecule has 1 rings (SSSR count). The highest BCUT2D eigenvalue weighted by molar-refractivity contribution is 6.29. The molecule has 0 saturated carbocycles. The van der Waals surface area contributed by atoms with E-state index >= 15 is 0 Å². The highest BCUT2D eigenvalue weighted by Gasteiger charge is 1.90. The first-order valence-corrected chi connectivity index (χ1v) is 2.65. The molecule has 0 saturated heterocycles. The molecule has 0 atom stereocenters. The lowest BCUT2D eigenvalue weighted by Crippen LogP contribution is -1.88. The first kappa shape index (κ1) is 6.16. The van der Waals surface area contributed by atoms with Gasteiger partial charge >= 0.3 is 0 Å². The first-order valence-electron chi connectivity index (χ1n) is 2.27. The van der Waals surface area contributed by atoms with E-state index < -0.39 is 0 Å². The quantitative estimate of drug-likeness (QED) is 0.548. The first-order chi connectivity index (χ1) is 4.33. The minimum atomic E-state index is 0.291. The van der Waals surface area contributed by atoms with Crippen LogP contribution in [0, 0.1) is 0 Å². The van der Waals surface area contributed by atoms with Crippen LogP contribution in [0.2, 0.25) is 5.15 Å². The summed E-state index contributed by atoms with van der Waals surface area (Å²) in [5.74, 6) is 0. The number of hydrogen-bond acceptors (Lipinski definition) is 3. The molecule has 1 aromatic rings. The predicted molar refractivity (Wildman–Crippen MR) is 32.4 cm³/mol. The molecule has 0 aromatic carbocycles. The summed E-state index contributed by atoms with van der Waals surface area (Å²) < 4.78 is 0. The minimum absolute atomic E-state index is 0.291. The van der Waals surface area contributed by atoms with Crippen molar-refractivity contribution in [3.63, 3.8) is 0 Å². The summed E-state index contributed by atoms with van der Waals surface area (Å²) in [5.41, 5.74) is 0.291. The van der Waals surface area contributed by atoms with Crippen LogP contribution in [0.4, 0.5) is 0 Å². The van der Waals surface area contributed by atoms with Crippen LogP contribution in [0.1, 0.15) is 10.5 Å². The fraction of sp³-hybridized carbons (Fsp3) is 0. The van der Waals surface area contributed by atoms with Crippen molar-refractivity contribution in [2.24, 2.45) is 0 Å². The Morgan fingerprint density at radius 1 is 1.44 bits per heavy atom. The Morgan fingerprint density at radius 3 is 2.67 bits per heavy atom. The van der Waals surface area contributed by atoms with E-state index in [4.69, 9.17) is 11.6 Å². The van der Waals surface area contributed by atoms with Crippen molar-refractivity contribution >= 4 is 17.9 Å². The van der Waals surface area contributed by atoms with E-state index in [2.05, 4.69) is 10.2 Å². The van der Waals surface area contributed by atoms with Gasteiger partial charge in [-0.1, -0.05) is 11.6 Å². The van der Waals surface area contributed by atoms with Crippen LogP contribution >= 0.6 is 11.6 Å². The predicted octanol–water partition coefficient (Wildman–Crippen LogP) is 0.942. The zero-order chi connectivity index (χ0) is 6.69. The lowest BCUT2D eigenvalue weighted by Gasteiger charge is -1.85. The molecule has 0 amide bonds. The Hall–Kier alpha value is -0.960. The van der Waals surface area contributed by atoms with Gasteiger partial charge in [-0.2, -0.15) is 0 Å². The molecule has 1 heterocycles. The van der Waals surface area contributed by atoms with Crippen LogP contribution in [0.15, 0.2) is 12.1 Å². The summed E-state index contributed by atoms with van der Waals surface area (Å²) in [6, 6.07) is 3.01. The second kappa shape index (κ2) is 2.55. The van der Waals surface area contributed by atoms with Crippen LogP contribution in [-0.2, 0) is 0 Å². The molecule has 0 aliphatic rings. The van der Waals surface area contributed by atoms with Crippen molar-refractivity contribution in [2.75, 3.05) is 0 Å². The minimum Gasteiger partial charge on any atom is -0.296 e. The van der Waals surface area contributed by atoms with Gasteiger partial charge in [0, 0.05) is 0 Å². The monoisotopic (exact) mass is 142 g/mol. The van der Waals surface area contributed by atoms with Gasteiger partial charge in [0.05, 0.1) is 0 Å². The van der Waals surface area contributed by atoms with Crippen LogP contribution in [0.25, 0.3) is 0 Å². The Morgan fingerprint density at radius 2 is 2.22 bits per heavy atom. The number of carbonyl (C=O) groups excluding carboxylic acids is 1. The lowest BCUT2D eigenvalue weighted by atomic mass is 10.4. The normalized spacial score (nSPS) is 9.00. The summed E-state index contributed by atoms with van der Waals surface area (Å²) in [6.45, 7) is 0.